The number of para-hydroxylation sites is 2. The molecule has 0 atom stereocenters. The minimum absolute atomic E-state index is 0.00156. The molecule has 4 N–H and O–H groups in total. The Kier molecular flexibility index (Phi) is 7.12. The van der Waals surface area contributed by atoms with Gasteiger partial charge in [-0.05, 0) is 46.7 Å². The van der Waals surface area contributed by atoms with Gasteiger partial charge in [0.2, 0.25) is 15.6 Å². The number of carbonyl (C=O) groups is 1. The zero-order valence-electron chi connectivity index (χ0n) is 23.2. The maximum atomic E-state index is 13.7. The average molecular weight is 549 g/mol. The van der Waals surface area contributed by atoms with Crippen molar-refractivity contribution in [3.8, 4) is 5.75 Å². The zero-order valence-corrected chi connectivity index (χ0v) is 24.1. The lowest BCUT2D eigenvalue weighted by molar-refractivity contribution is 0.0971. The topological polar surface area (TPSA) is 131 Å². The first-order valence-corrected chi connectivity index (χ1v) is 14.3. The predicted octanol–water partition coefficient (Wildman–Crippen LogP) is 4.80. The third-order valence-electron chi connectivity index (χ3n) is 6.93. The van der Waals surface area contributed by atoms with E-state index in [-0.39, 0.29) is 46.0 Å². The normalized spacial score (nSPS) is 12.7. The van der Waals surface area contributed by atoms with Gasteiger partial charge in [0, 0.05) is 16.7 Å². The fraction of sp³-hybridized carbons (Fsp3) is 0.333. The first kappa shape index (κ1) is 28.3. The number of rotatable bonds is 6. The fourth-order valence-electron chi connectivity index (χ4n) is 4.87. The van der Waals surface area contributed by atoms with E-state index in [1.165, 1.54) is 6.07 Å². The lowest BCUT2D eigenvalue weighted by atomic mass is 9.78. The summed E-state index contributed by atoms with van der Waals surface area (Å²) in [7, 11) is -3.96. The van der Waals surface area contributed by atoms with Crippen molar-refractivity contribution >= 4 is 26.8 Å². The van der Waals surface area contributed by atoms with Gasteiger partial charge in [-0.2, -0.15) is 0 Å². The summed E-state index contributed by atoms with van der Waals surface area (Å²) in [5.41, 5.74) is 2.95. The molecule has 0 fully saturated rings. The molecule has 0 radical (unpaired) electrons. The van der Waals surface area contributed by atoms with Gasteiger partial charge in [-0.25, -0.2) is 13.6 Å². The van der Waals surface area contributed by atoms with Crippen molar-refractivity contribution in [1.29, 1.82) is 5.41 Å². The van der Waals surface area contributed by atoms with Gasteiger partial charge in [-0.1, -0.05) is 71.9 Å². The van der Waals surface area contributed by atoms with E-state index >= 15 is 0 Å². The van der Waals surface area contributed by atoms with Crippen molar-refractivity contribution in [1.82, 2.24) is 9.13 Å². The molecule has 0 saturated carbocycles. The Balaban J connectivity index is 1.83. The smallest absolute Gasteiger partial charge is 0.238 e. The van der Waals surface area contributed by atoms with Crippen molar-refractivity contribution < 1.29 is 18.3 Å². The van der Waals surface area contributed by atoms with Crippen LogP contribution in [0.1, 0.15) is 68.6 Å². The molecule has 0 aliphatic rings. The van der Waals surface area contributed by atoms with Crippen LogP contribution in [0.5, 0.6) is 5.75 Å². The van der Waals surface area contributed by atoms with E-state index in [4.69, 9.17) is 10.5 Å². The van der Waals surface area contributed by atoms with Crippen molar-refractivity contribution in [2.75, 3.05) is 0 Å². The molecule has 4 rings (SSSR count). The van der Waals surface area contributed by atoms with Crippen LogP contribution in [0.25, 0.3) is 11.0 Å². The third-order valence-corrected chi connectivity index (χ3v) is 7.94. The van der Waals surface area contributed by atoms with Gasteiger partial charge in [0.15, 0.2) is 5.78 Å². The molecular formula is C30H36N4O4S. The monoisotopic (exact) mass is 548 g/mol. The van der Waals surface area contributed by atoms with Crippen LogP contribution in [0.4, 0.5) is 0 Å². The molecule has 39 heavy (non-hydrogen) atoms. The molecule has 1 heterocycles. The summed E-state index contributed by atoms with van der Waals surface area (Å²) < 4.78 is 27.6. The Labute approximate surface area is 229 Å². The van der Waals surface area contributed by atoms with E-state index in [2.05, 4.69) is 0 Å². The summed E-state index contributed by atoms with van der Waals surface area (Å²) in [5.74, 6) is 0.00264. The van der Waals surface area contributed by atoms with Crippen molar-refractivity contribution in [3.63, 3.8) is 0 Å². The highest BCUT2D eigenvalue weighted by molar-refractivity contribution is 7.89. The summed E-state index contributed by atoms with van der Waals surface area (Å²) in [6, 6.07) is 17.3. The number of fused-ring (bicyclic) bond motifs is 1. The SMILES string of the molecule is CC(C)(C)c1cc(C(=O)Cn2c(=N)n(Cc3ccccc3S(N)(=O)=O)c3ccccc32)cc(C(C)(C)C)c1O. The van der Waals surface area contributed by atoms with Gasteiger partial charge in [-0.15, -0.1) is 0 Å². The molecule has 0 amide bonds. The molecule has 0 aliphatic heterocycles. The van der Waals surface area contributed by atoms with Crippen LogP contribution < -0.4 is 10.8 Å². The molecule has 1 aromatic heterocycles. The van der Waals surface area contributed by atoms with Crippen LogP contribution in [0.3, 0.4) is 0 Å². The number of carbonyl (C=O) groups excluding carboxylic acids is 1. The predicted molar refractivity (Wildman–Crippen MR) is 153 cm³/mol. The molecule has 4 aromatic rings. The largest absolute Gasteiger partial charge is 0.507 e. The molecule has 0 unspecified atom stereocenters. The summed E-state index contributed by atoms with van der Waals surface area (Å²) in [6.45, 7) is 12.0. The number of nitrogens with one attached hydrogen (secondary N) is 1. The number of ketones is 1. The van der Waals surface area contributed by atoms with Crippen molar-refractivity contribution in [3.05, 3.63) is 88.5 Å². The summed E-state index contributed by atoms with van der Waals surface area (Å²) in [4.78, 5) is 13.7. The second-order valence-electron chi connectivity index (χ2n) is 12.0. The van der Waals surface area contributed by atoms with Crippen LogP contribution in [-0.4, -0.2) is 28.4 Å². The Hall–Kier alpha value is -3.69. The number of nitrogens with zero attached hydrogens (tertiary/aromatic N) is 2. The van der Waals surface area contributed by atoms with Crippen LogP contribution in [0.15, 0.2) is 65.6 Å². The zero-order chi connectivity index (χ0) is 28.9. The van der Waals surface area contributed by atoms with Gasteiger partial charge in [0.25, 0.3) is 0 Å². The number of aromatic nitrogens is 2. The maximum Gasteiger partial charge on any atom is 0.238 e. The molecule has 0 bridgehead atoms. The van der Waals surface area contributed by atoms with Crippen molar-refractivity contribution in [2.24, 2.45) is 5.14 Å². The Morgan fingerprint density at radius 3 is 1.87 bits per heavy atom. The summed E-state index contributed by atoms with van der Waals surface area (Å²) in [6.07, 6.45) is 0. The fourth-order valence-corrected chi connectivity index (χ4v) is 5.64. The van der Waals surface area contributed by atoms with E-state index < -0.39 is 10.0 Å². The van der Waals surface area contributed by atoms with E-state index in [1.54, 1.807) is 39.5 Å². The average Bonchev–Trinajstić information content (AvgIpc) is 3.08. The number of nitrogens with two attached hydrogens (primary N) is 1. The van der Waals surface area contributed by atoms with Gasteiger partial charge in [0.1, 0.15) is 5.75 Å². The van der Waals surface area contributed by atoms with E-state index in [9.17, 15) is 18.3 Å². The molecule has 206 valence electrons. The summed E-state index contributed by atoms with van der Waals surface area (Å²) in [5, 5.41) is 25.5. The second kappa shape index (κ2) is 9.81. The second-order valence-corrected chi connectivity index (χ2v) is 13.5. The van der Waals surface area contributed by atoms with Crippen LogP contribution in [-0.2, 0) is 33.9 Å². The number of phenolic OH excluding ortho intramolecular Hbond substituents is 1. The number of imidazole rings is 1. The molecule has 0 saturated heterocycles. The lowest BCUT2D eigenvalue weighted by Gasteiger charge is -2.28. The highest BCUT2D eigenvalue weighted by atomic mass is 32.2. The minimum Gasteiger partial charge on any atom is -0.507 e. The standard InChI is InChI=1S/C30H36N4O4S/c1-29(2,3)21-15-20(16-22(27(21)36)30(4,5)6)25(35)18-34-24-13-9-8-12-23(24)33(28(34)31)17-19-11-7-10-14-26(19)39(32,37)38/h7-16,31,36H,17-18H2,1-6H3,(H2,32,37,38). The molecule has 3 aromatic carbocycles. The van der Waals surface area contributed by atoms with Gasteiger partial charge in [-0.3, -0.25) is 10.2 Å². The maximum absolute atomic E-state index is 13.7. The number of primary sulfonamides is 1. The number of benzene rings is 3. The van der Waals surface area contributed by atoms with Crippen LogP contribution in [0.2, 0.25) is 0 Å². The first-order chi connectivity index (χ1) is 18.0. The Morgan fingerprint density at radius 1 is 0.872 bits per heavy atom. The molecule has 8 nitrogen and oxygen atoms in total. The quantitative estimate of drug-likeness (QED) is 0.299. The van der Waals surface area contributed by atoms with Crippen molar-refractivity contribution in [2.45, 2.75) is 70.4 Å². The number of Topliss-reactive ketones (excluding diaryl/α,β-unsaturated/α-hetero) is 1. The lowest BCUT2D eigenvalue weighted by Crippen LogP contribution is -2.28. The molecular weight excluding hydrogens is 512 g/mol. The van der Waals surface area contributed by atoms with Gasteiger partial charge in [0.05, 0.1) is 29.0 Å². The number of hydrogen-bond donors (Lipinski definition) is 3. The summed E-state index contributed by atoms with van der Waals surface area (Å²) >= 11 is 0. The molecule has 9 heteroatoms. The van der Waals surface area contributed by atoms with E-state index in [1.807, 2.05) is 65.8 Å². The van der Waals surface area contributed by atoms with E-state index in [0.717, 1.165) is 0 Å². The van der Waals surface area contributed by atoms with Crippen LogP contribution >= 0.6 is 0 Å². The molecule has 0 spiro atoms. The minimum atomic E-state index is -3.96. The highest BCUT2D eigenvalue weighted by Gasteiger charge is 2.28. The van der Waals surface area contributed by atoms with E-state index in [0.29, 0.717) is 33.3 Å². The number of aromatic hydroxyl groups is 1. The number of hydrogen-bond acceptors (Lipinski definition) is 5. The first-order valence-electron chi connectivity index (χ1n) is 12.7. The van der Waals surface area contributed by atoms with Gasteiger partial charge >= 0.3 is 0 Å². The van der Waals surface area contributed by atoms with Crippen LogP contribution in [0, 0.1) is 5.41 Å². The third kappa shape index (κ3) is 5.55. The molecule has 0 aliphatic carbocycles. The Bertz CT molecular complexity index is 1720. The number of sulfonamides is 1. The highest BCUT2D eigenvalue weighted by Crippen LogP contribution is 2.40. The number of phenols is 1. The Morgan fingerprint density at radius 2 is 1.36 bits per heavy atom. The van der Waals surface area contributed by atoms with Gasteiger partial charge < -0.3 is 14.2 Å².